The van der Waals surface area contributed by atoms with Gasteiger partial charge in [-0.1, -0.05) is 11.8 Å². The Kier molecular flexibility index (Phi) is 6.75. The Bertz CT molecular complexity index is 880. The molecule has 28 heavy (non-hydrogen) atoms. The molecule has 0 aromatic heterocycles. The second-order valence-electron chi connectivity index (χ2n) is 5.84. The first-order valence-electron chi connectivity index (χ1n) is 8.04. The highest BCUT2D eigenvalue weighted by Crippen LogP contribution is 2.37. The van der Waals surface area contributed by atoms with E-state index in [4.69, 9.17) is 9.47 Å². The maximum Gasteiger partial charge on any atom is 0.345 e. The summed E-state index contributed by atoms with van der Waals surface area (Å²) in [7, 11) is 7.45. The number of esters is 2. The lowest BCUT2D eigenvalue weighted by molar-refractivity contribution is -0.384. The van der Waals surface area contributed by atoms with Crippen LogP contribution < -0.4 is 5.32 Å². The molecule has 0 bridgehead atoms. The summed E-state index contributed by atoms with van der Waals surface area (Å²) < 4.78 is 9.64. The number of methoxy groups -OCH3 is 2. The molecule has 0 radical (unpaired) electrons. The predicted octanol–water partition coefficient (Wildman–Crippen LogP) is 1.62. The van der Waals surface area contributed by atoms with E-state index in [2.05, 4.69) is 10.3 Å². The van der Waals surface area contributed by atoms with Gasteiger partial charge in [-0.25, -0.2) is 9.59 Å². The number of nitrogens with zero attached hydrogens (tertiary/aromatic N) is 3. The molecule has 2 rings (SSSR count). The average Bonchev–Trinajstić information content (AvgIpc) is 2.70. The molecule has 0 aliphatic carbocycles. The number of non-ortho nitro benzene ring substituents is 1. The molecule has 1 aromatic rings. The summed E-state index contributed by atoms with van der Waals surface area (Å²) in [5.41, 5.74) is 0.935. The van der Waals surface area contributed by atoms with E-state index in [1.807, 2.05) is 0 Å². The van der Waals surface area contributed by atoms with E-state index < -0.39 is 23.0 Å². The van der Waals surface area contributed by atoms with E-state index in [1.165, 1.54) is 26.4 Å². The standard InChI is InChI=1S/C17H20N4O6S/c1-18-11-7-6-9(21(24)25)8-10(11)15-19-14(20(2)3)12(16(22)26-4)13(28-15)17(23)27-5/h6-8,14,18H,1-5H3. The molecule has 1 atom stereocenters. The van der Waals surface area contributed by atoms with Gasteiger partial charge in [0, 0.05) is 30.4 Å². The van der Waals surface area contributed by atoms with E-state index in [0.29, 0.717) is 16.3 Å². The number of anilines is 1. The van der Waals surface area contributed by atoms with E-state index in [-0.39, 0.29) is 16.2 Å². The van der Waals surface area contributed by atoms with Crippen molar-refractivity contribution in [3.05, 3.63) is 44.4 Å². The third-order valence-electron chi connectivity index (χ3n) is 3.92. The van der Waals surface area contributed by atoms with Gasteiger partial charge in [0.2, 0.25) is 0 Å². The molecule has 10 nitrogen and oxygen atoms in total. The molecule has 1 aliphatic rings. The Morgan fingerprint density at radius 3 is 2.39 bits per heavy atom. The molecule has 1 heterocycles. The lowest BCUT2D eigenvalue weighted by atomic mass is 10.1. The highest BCUT2D eigenvalue weighted by atomic mass is 32.2. The van der Waals surface area contributed by atoms with Gasteiger partial charge >= 0.3 is 11.9 Å². The van der Waals surface area contributed by atoms with Crippen molar-refractivity contribution in [2.24, 2.45) is 4.99 Å². The minimum absolute atomic E-state index is 0.0200. The predicted molar refractivity (Wildman–Crippen MR) is 105 cm³/mol. The number of likely N-dealkylation sites (N-methyl/N-ethyl adjacent to an activating group) is 1. The number of hydrogen-bond donors (Lipinski definition) is 1. The second kappa shape index (κ2) is 8.85. The fourth-order valence-corrected chi connectivity index (χ4v) is 3.65. The van der Waals surface area contributed by atoms with Crippen molar-refractivity contribution in [2.45, 2.75) is 6.17 Å². The smallest absolute Gasteiger partial charge is 0.345 e. The zero-order chi connectivity index (χ0) is 21.0. The van der Waals surface area contributed by atoms with Crippen LogP contribution in [0.15, 0.2) is 33.7 Å². The zero-order valence-electron chi connectivity index (χ0n) is 16.0. The van der Waals surface area contributed by atoms with Crippen molar-refractivity contribution in [3.63, 3.8) is 0 Å². The van der Waals surface area contributed by atoms with Crippen LogP contribution in [0.25, 0.3) is 0 Å². The van der Waals surface area contributed by atoms with Crippen LogP contribution in [0.2, 0.25) is 0 Å². The monoisotopic (exact) mass is 408 g/mol. The van der Waals surface area contributed by atoms with E-state index in [1.54, 1.807) is 32.1 Å². The summed E-state index contributed by atoms with van der Waals surface area (Å²) in [6.45, 7) is 0. The Morgan fingerprint density at radius 1 is 1.25 bits per heavy atom. The van der Waals surface area contributed by atoms with Crippen molar-refractivity contribution in [2.75, 3.05) is 40.7 Å². The minimum Gasteiger partial charge on any atom is -0.466 e. The van der Waals surface area contributed by atoms with Gasteiger partial charge in [0.25, 0.3) is 5.69 Å². The summed E-state index contributed by atoms with van der Waals surface area (Å²) in [6, 6.07) is 4.28. The Morgan fingerprint density at radius 2 is 1.89 bits per heavy atom. The summed E-state index contributed by atoms with van der Waals surface area (Å²) in [5, 5.41) is 14.5. The van der Waals surface area contributed by atoms with Crippen LogP contribution in [0.5, 0.6) is 0 Å². The molecule has 1 N–H and O–H groups in total. The third kappa shape index (κ3) is 4.15. The maximum atomic E-state index is 12.4. The molecule has 0 saturated heterocycles. The van der Waals surface area contributed by atoms with Crippen molar-refractivity contribution in [1.29, 1.82) is 0 Å². The molecule has 1 aliphatic heterocycles. The fraction of sp³-hybridized carbons (Fsp3) is 0.353. The van der Waals surface area contributed by atoms with Gasteiger partial charge in [-0.05, 0) is 20.2 Å². The van der Waals surface area contributed by atoms with Crippen molar-refractivity contribution in [3.8, 4) is 0 Å². The number of thioether (sulfide) groups is 1. The van der Waals surface area contributed by atoms with Gasteiger partial charge < -0.3 is 14.8 Å². The first kappa shape index (κ1) is 21.4. The molecule has 0 spiro atoms. The molecule has 0 saturated carbocycles. The van der Waals surface area contributed by atoms with Gasteiger partial charge in [-0.15, -0.1) is 0 Å². The summed E-state index contributed by atoms with van der Waals surface area (Å²) >= 11 is 0.905. The van der Waals surface area contributed by atoms with Crippen LogP contribution in [-0.2, 0) is 19.1 Å². The van der Waals surface area contributed by atoms with Crippen LogP contribution in [-0.4, -0.2) is 68.3 Å². The van der Waals surface area contributed by atoms with Crippen molar-refractivity contribution < 1.29 is 24.0 Å². The number of aliphatic imine (C=N–C) groups is 1. The van der Waals surface area contributed by atoms with Crippen molar-refractivity contribution >= 4 is 40.1 Å². The highest BCUT2D eigenvalue weighted by molar-refractivity contribution is 8.18. The second-order valence-corrected chi connectivity index (χ2v) is 6.84. The molecule has 0 amide bonds. The quantitative estimate of drug-likeness (QED) is 0.425. The number of carbonyl (C=O) groups is 2. The Hall–Kier alpha value is -2.92. The van der Waals surface area contributed by atoms with E-state index in [0.717, 1.165) is 11.8 Å². The molecule has 0 fully saturated rings. The molecule has 1 aromatic carbocycles. The van der Waals surface area contributed by atoms with E-state index in [9.17, 15) is 19.7 Å². The summed E-state index contributed by atoms with van der Waals surface area (Å²) in [5.74, 6) is -1.43. The van der Waals surface area contributed by atoms with Crippen LogP contribution in [0.3, 0.4) is 0 Å². The summed E-state index contributed by atoms with van der Waals surface area (Å²) in [4.78, 5) is 41.6. The number of benzene rings is 1. The number of nitro groups is 1. The maximum absolute atomic E-state index is 12.4. The zero-order valence-corrected chi connectivity index (χ0v) is 16.8. The normalized spacial score (nSPS) is 16.5. The topological polar surface area (TPSA) is 123 Å². The number of ether oxygens (including phenoxy) is 2. The number of hydrogen-bond acceptors (Lipinski definition) is 10. The van der Waals surface area contributed by atoms with E-state index >= 15 is 0 Å². The lowest BCUT2D eigenvalue weighted by Gasteiger charge is -2.28. The third-order valence-corrected chi connectivity index (χ3v) is 5.03. The minimum atomic E-state index is -0.832. The molecular weight excluding hydrogens is 388 g/mol. The Balaban J connectivity index is 2.69. The van der Waals surface area contributed by atoms with Crippen LogP contribution >= 0.6 is 11.8 Å². The van der Waals surface area contributed by atoms with Gasteiger partial charge in [0.15, 0.2) is 0 Å². The molecule has 150 valence electrons. The van der Waals surface area contributed by atoms with Gasteiger partial charge in [-0.3, -0.25) is 20.0 Å². The van der Waals surface area contributed by atoms with Crippen molar-refractivity contribution in [1.82, 2.24) is 4.90 Å². The van der Waals surface area contributed by atoms with Crippen LogP contribution in [0.4, 0.5) is 11.4 Å². The number of nitro benzene ring substituents is 1. The Labute approximate surface area is 165 Å². The first-order valence-corrected chi connectivity index (χ1v) is 8.86. The number of nitrogens with one attached hydrogen (secondary N) is 1. The molecule has 11 heteroatoms. The lowest BCUT2D eigenvalue weighted by Crippen LogP contribution is -2.36. The number of carbonyl (C=O) groups excluding carboxylic acids is 2. The molecular formula is C17H20N4O6S. The highest BCUT2D eigenvalue weighted by Gasteiger charge is 2.37. The van der Waals surface area contributed by atoms with Crippen LogP contribution in [0.1, 0.15) is 5.56 Å². The van der Waals surface area contributed by atoms with Gasteiger partial charge in [-0.2, -0.15) is 0 Å². The SMILES string of the molecule is CNc1ccc([N+](=O)[O-])cc1C1=NC(N(C)C)C(C(=O)OC)=C(C(=O)OC)S1. The molecule has 1 unspecified atom stereocenters. The van der Waals surface area contributed by atoms with Gasteiger partial charge in [0.05, 0.1) is 24.7 Å². The average molecular weight is 408 g/mol. The summed E-state index contributed by atoms with van der Waals surface area (Å²) in [6.07, 6.45) is -0.832. The largest absolute Gasteiger partial charge is 0.466 e. The van der Waals surface area contributed by atoms with Crippen LogP contribution in [0, 0.1) is 10.1 Å². The number of rotatable bonds is 6. The first-order chi connectivity index (χ1) is 13.2. The van der Waals surface area contributed by atoms with Gasteiger partial charge in [0.1, 0.15) is 16.1 Å². The fourth-order valence-electron chi connectivity index (χ4n) is 2.56.